The van der Waals surface area contributed by atoms with Crippen LogP contribution in [-0.4, -0.2) is 39.2 Å². The highest BCUT2D eigenvalue weighted by atomic mass is 16.4. The third-order valence-corrected chi connectivity index (χ3v) is 2.70. The lowest BCUT2D eigenvalue weighted by Crippen LogP contribution is -2.45. The molecule has 106 valence electrons. The first-order chi connectivity index (χ1) is 9.13. The summed E-state index contributed by atoms with van der Waals surface area (Å²) in [6.07, 6.45) is 7.48. The molecule has 0 fully saturated rings. The molecule has 1 rings (SSSR count). The van der Waals surface area contributed by atoms with Gasteiger partial charge in [-0.15, -0.1) is 0 Å². The summed E-state index contributed by atoms with van der Waals surface area (Å²) in [4.78, 5) is 26.1. The van der Waals surface area contributed by atoms with Crippen LogP contribution in [0.2, 0.25) is 0 Å². The maximum Gasteiger partial charge on any atom is 0.326 e. The summed E-state index contributed by atoms with van der Waals surface area (Å²) in [6.45, 7) is 3.09. The number of imidazole rings is 1. The molecule has 0 aliphatic carbocycles. The second kappa shape index (κ2) is 8.12. The van der Waals surface area contributed by atoms with Gasteiger partial charge < -0.3 is 20.3 Å². The highest BCUT2D eigenvalue weighted by Crippen LogP contribution is 1.94. The predicted octanol–water partition coefficient (Wildman–Crippen LogP) is 0.826. The van der Waals surface area contributed by atoms with Crippen LogP contribution in [0.4, 0.5) is 4.79 Å². The van der Waals surface area contributed by atoms with E-state index in [1.807, 2.05) is 10.8 Å². The van der Waals surface area contributed by atoms with Crippen molar-refractivity contribution in [1.82, 2.24) is 20.2 Å². The summed E-state index contributed by atoms with van der Waals surface area (Å²) < 4.78 is 1.97. The summed E-state index contributed by atoms with van der Waals surface area (Å²) in [6, 6.07) is -1.26. The van der Waals surface area contributed by atoms with Gasteiger partial charge in [0.05, 0.1) is 6.33 Å². The molecule has 0 spiro atoms. The van der Waals surface area contributed by atoms with Gasteiger partial charge in [0.1, 0.15) is 6.04 Å². The van der Waals surface area contributed by atoms with Crippen LogP contribution in [-0.2, 0) is 11.3 Å². The molecule has 1 heterocycles. The number of aryl methyl sites for hydroxylation is 1. The molecule has 0 bridgehead atoms. The van der Waals surface area contributed by atoms with Crippen molar-refractivity contribution in [2.45, 2.75) is 38.8 Å². The molecule has 19 heavy (non-hydrogen) atoms. The number of carboxylic acid groups (broad SMARTS) is 1. The number of rotatable bonds is 8. The number of carboxylic acids is 1. The van der Waals surface area contributed by atoms with Crippen LogP contribution in [0, 0.1) is 0 Å². The highest BCUT2D eigenvalue weighted by molar-refractivity contribution is 5.82. The number of amides is 2. The number of carbonyl (C=O) groups is 2. The van der Waals surface area contributed by atoms with Crippen LogP contribution >= 0.6 is 0 Å². The van der Waals surface area contributed by atoms with Crippen LogP contribution in [0.1, 0.15) is 26.2 Å². The second-order valence-corrected chi connectivity index (χ2v) is 4.21. The van der Waals surface area contributed by atoms with Crippen LogP contribution in [0.25, 0.3) is 0 Å². The van der Waals surface area contributed by atoms with E-state index in [4.69, 9.17) is 5.11 Å². The first-order valence-corrected chi connectivity index (χ1v) is 6.36. The van der Waals surface area contributed by atoms with E-state index in [2.05, 4.69) is 15.6 Å². The topological polar surface area (TPSA) is 96.3 Å². The molecular weight excluding hydrogens is 248 g/mol. The minimum absolute atomic E-state index is 0.364. The van der Waals surface area contributed by atoms with E-state index in [1.54, 1.807) is 19.4 Å². The Hall–Kier alpha value is -2.05. The van der Waals surface area contributed by atoms with Crippen molar-refractivity contribution in [3.8, 4) is 0 Å². The summed E-state index contributed by atoms with van der Waals surface area (Å²) in [5, 5.41) is 13.8. The van der Waals surface area contributed by atoms with E-state index in [0.717, 1.165) is 19.4 Å². The average Bonchev–Trinajstić information content (AvgIpc) is 2.88. The van der Waals surface area contributed by atoms with Crippen molar-refractivity contribution in [2.75, 3.05) is 6.54 Å². The Bertz CT molecular complexity index is 392. The van der Waals surface area contributed by atoms with Crippen molar-refractivity contribution in [1.29, 1.82) is 0 Å². The zero-order chi connectivity index (χ0) is 14.1. The smallest absolute Gasteiger partial charge is 0.326 e. The lowest BCUT2D eigenvalue weighted by atomic mass is 10.2. The van der Waals surface area contributed by atoms with E-state index >= 15 is 0 Å². The number of urea groups is 1. The SMILES string of the molecule is CC[C@H](NC(=O)NCCCCn1ccnc1)C(=O)O. The highest BCUT2D eigenvalue weighted by Gasteiger charge is 2.16. The zero-order valence-electron chi connectivity index (χ0n) is 11.0. The average molecular weight is 268 g/mol. The molecule has 1 atom stereocenters. The van der Waals surface area contributed by atoms with Crippen molar-refractivity contribution in [3.05, 3.63) is 18.7 Å². The number of hydrogen-bond acceptors (Lipinski definition) is 3. The minimum Gasteiger partial charge on any atom is -0.480 e. The largest absolute Gasteiger partial charge is 0.480 e. The summed E-state index contributed by atoms with van der Waals surface area (Å²) in [7, 11) is 0. The molecule has 0 aliphatic rings. The maximum atomic E-state index is 11.4. The molecule has 0 saturated heterocycles. The summed E-state index contributed by atoms with van der Waals surface area (Å²) in [5.41, 5.74) is 0. The van der Waals surface area contributed by atoms with E-state index in [0.29, 0.717) is 13.0 Å². The van der Waals surface area contributed by atoms with Gasteiger partial charge in [-0.25, -0.2) is 14.6 Å². The van der Waals surface area contributed by atoms with Gasteiger partial charge in [0, 0.05) is 25.5 Å². The van der Waals surface area contributed by atoms with Crippen LogP contribution in [0.15, 0.2) is 18.7 Å². The fourth-order valence-corrected chi connectivity index (χ4v) is 1.59. The molecule has 1 aromatic heterocycles. The number of aliphatic carboxylic acids is 1. The quantitative estimate of drug-likeness (QED) is 0.608. The van der Waals surface area contributed by atoms with Crippen molar-refractivity contribution >= 4 is 12.0 Å². The Kier molecular flexibility index (Phi) is 6.42. The van der Waals surface area contributed by atoms with E-state index in [-0.39, 0.29) is 0 Å². The Balaban J connectivity index is 2.08. The Labute approximate surface area is 112 Å². The third-order valence-electron chi connectivity index (χ3n) is 2.70. The van der Waals surface area contributed by atoms with Gasteiger partial charge in [-0.05, 0) is 19.3 Å². The van der Waals surface area contributed by atoms with Crippen molar-refractivity contribution in [2.24, 2.45) is 0 Å². The van der Waals surface area contributed by atoms with Gasteiger partial charge in [0.25, 0.3) is 0 Å². The van der Waals surface area contributed by atoms with Crippen LogP contribution in [0.5, 0.6) is 0 Å². The van der Waals surface area contributed by atoms with Gasteiger partial charge in [-0.3, -0.25) is 0 Å². The molecule has 0 radical (unpaired) electrons. The Morgan fingerprint density at radius 3 is 2.79 bits per heavy atom. The summed E-state index contributed by atoms with van der Waals surface area (Å²) in [5.74, 6) is -1.02. The van der Waals surface area contributed by atoms with Crippen molar-refractivity contribution < 1.29 is 14.7 Å². The zero-order valence-corrected chi connectivity index (χ0v) is 11.0. The number of unbranched alkanes of at least 4 members (excludes halogenated alkanes) is 1. The van der Waals surface area contributed by atoms with Crippen LogP contribution in [0.3, 0.4) is 0 Å². The van der Waals surface area contributed by atoms with Gasteiger partial charge in [-0.1, -0.05) is 6.92 Å². The normalized spacial score (nSPS) is 11.8. The lowest BCUT2D eigenvalue weighted by Gasteiger charge is -2.13. The third kappa shape index (κ3) is 5.89. The fraction of sp³-hybridized carbons (Fsp3) is 0.583. The van der Waals surface area contributed by atoms with E-state index in [9.17, 15) is 9.59 Å². The summed E-state index contributed by atoms with van der Waals surface area (Å²) >= 11 is 0. The molecule has 0 saturated carbocycles. The monoisotopic (exact) mass is 268 g/mol. The van der Waals surface area contributed by atoms with Gasteiger partial charge in [0.15, 0.2) is 0 Å². The van der Waals surface area contributed by atoms with E-state index in [1.165, 1.54) is 0 Å². The van der Waals surface area contributed by atoms with Gasteiger partial charge in [-0.2, -0.15) is 0 Å². The standard InChI is InChI=1S/C12H20N4O3/c1-2-10(11(17)18)15-12(19)14-5-3-4-7-16-8-6-13-9-16/h6,8-10H,2-5,7H2,1H3,(H,17,18)(H2,14,15,19)/t10-/m0/s1. The van der Waals surface area contributed by atoms with Gasteiger partial charge in [0.2, 0.25) is 0 Å². The van der Waals surface area contributed by atoms with Gasteiger partial charge >= 0.3 is 12.0 Å². The molecular formula is C12H20N4O3. The number of carbonyl (C=O) groups excluding carboxylic acids is 1. The molecule has 3 N–H and O–H groups in total. The molecule has 0 aliphatic heterocycles. The number of nitrogens with one attached hydrogen (secondary N) is 2. The van der Waals surface area contributed by atoms with E-state index < -0.39 is 18.0 Å². The Morgan fingerprint density at radius 2 is 2.21 bits per heavy atom. The second-order valence-electron chi connectivity index (χ2n) is 4.21. The fourth-order valence-electron chi connectivity index (χ4n) is 1.59. The first kappa shape index (κ1) is 15.0. The Morgan fingerprint density at radius 1 is 1.42 bits per heavy atom. The molecule has 7 heteroatoms. The first-order valence-electron chi connectivity index (χ1n) is 6.36. The molecule has 1 aromatic rings. The molecule has 0 aromatic carbocycles. The molecule has 2 amide bonds. The number of nitrogens with zero attached hydrogens (tertiary/aromatic N) is 2. The maximum absolute atomic E-state index is 11.4. The van der Waals surface area contributed by atoms with Crippen LogP contribution < -0.4 is 10.6 Å². The predicted molar refractivity (Wildman–Crippen MR) is 69.7 cm³/mol. The number of hydrogen-bond donors (Lipinski definition) is 3. The van der Waals surface area contributed by atoms with Crippen molar-refractivity contribution in [3.63, 3.8) is 0 Å². The lowest BCUT2D eigenvalue weighted by molar-refractivity contribution is -0.139. The number of aromatic nitrogens is 2. The molecule has 7 nitrogen and oxygen atoms in total. The minimum atomic E-state index is -1.02. The molecule has 0 unspecified atom stereocenters.